The number of hydrogen-bond donors (Lipinski definition) is 3. The summed E-state index contributed by atoms with van der Waals surface area (Å²) in [4.78, 5) is 10.9. The number of hydrogen-bond acceptors (Lipinski definition) is 4. The summed E-state index contributed by atoms with van der Waals surface area (Å²) in [6.07, 6.45) is 1.22. The largest absolute Gasteiger partial charge is 0.481 e. The number of ether oxygens (including phenoxy) is 1. The van der Waals surface area contributed by atoms with E-state index in [9.17, 15) is 9.00 Å². The molecule has 0 radical (unpaired) electrons. The molecule has 0 aromatic carbocycles. The van der Waals surface area contributed by atoms with E-state index in [1.165, 1.54) is 13.2 Å². The Morgan fingerprint density at radius 2 is 2.36 bits per heavy atom. The van der Waals surface area contributed by atoms with E-state index >= 15 is 0 Å². The highest BCUT2D eigenvalue weighted by atomic mass is 32.2. The molecule has 14 heavy (non-hydrogen) atoms. The third kappa shape index (κ3) is 2.23. The molecule has 0 aliphatic carbocycles. The monoisotopic (exact) mass is 222 g/mol. The minimum atomic E-state index is -2.91. The minimum absolute atomic E-state index is 0.0789. The van der Waals surface area contributed by atoms with Gasteiger partial charge in [-0.2, -0.15) is 0 Å². The Labute approximate surface area is 82.7 Å². The summed E-state index contributed by atoms with van der Waals surface area (Å²) in [6, 6.07) is -0.574. The molecule has 0 aromatic rings. The maximum atomic E-state index is 11.2. The smallest absolute Gasteiger partial charge is 0.313 e. The lowest BCUT2D eigenvalue weighted by Gasteiger charge is -2.25. The van der Waals surface area contributed by atoms with Gasteiger partial charge in [-0.1, -0.05) is 0 Å². The van der Waals surface area contributed by atoms with Crippen molar-refractivity contribution < 1.29 is 18.8 Å². The molecule has 1 aliphatic heterocycles. The van der Waals surface area contributed by atoms with Crippen molar-refractivity contribution >= 4 is 15.9 Å². The molecule has 0 spiro atoms. The number of carboxylic acids is 1. The van der Waals surface area contributed by atoms with Crippen molar-refractivity contribution in [2.75, 3.05) is 19.5 Å². The van der Waals surface area contributed by atoms with Gasteiger partial charge in [0.05, 0.1) is 19.3 Å². The number of aliphatic carboxylic acids is 1. The summed E-state index contributed by atoms with van der Waals surface area (Å²) in [5.41, 5.74) is -1.10. The predicted octanol–water partition coefficient (Wildman–Crippen LogP) is -0.343. The molecule has 1 heterocycles. The zero-order valence-corrected chi connectivity index (χ0v) is 8.89. The zero-order valence-electron chi connectivity index (χ0n) is 8.07. The maximum Gasteiger partial charge on any atom is 0.313 e. The van der Waals surface area contributed by atoms with Gasteiger partial charge in [-0.3, -0.25) is 4.79 Å². The summed E-state index contributed by atoms with van der Waals surface area (Å²) in [6.45, 7) is 1.77. The summed E-state index contributed by atoms with van der Waals surface area (Å²) >= 11 is 0. The van der Waals surface area contributed by atoms with Crippen LogP contribution in [0.3, 0.4) is 0 Å². The lowest BCUT2D eigenvalue weighted by Crippen LogP contribution is -2.49. The molecule has 7 heteroatoms. The first-order valence-corrected chi connectivity index (χ1v) is 6.04. The fourth-order valence-electron chi connectivity index (χ4n) is 1.32. The minimum Gasteiger partial charge on any atom is -0.481 e. The molecular weight excluding hydrogens is 208 g/mol. The topological polar surface area (TPSA) is 99.5 Å². The van der Waals surface area contributed by atoms with Gasteiger partial charge in [0.25, 0.3) is 0 Å². The molecule has 6 nitrogen and oxygen atoms in total. The summed E-state index contributed by atoms with van der Waals surface area (Å²) in [5.74, 6) is -1.00. The first-order chi connectivity index (χ1) is 6.26. The van der Waals surface area contributed by atoms with Gasteiger partial charge >= 0.3 is 5.97 Å². The third-order valence-corrected chi connectivity index (χ3v) is 3.05. The van der Waals surface area contributed by atoms with E-state index in [0.29, 0.717) is 0 Å². The summed E-state index contributed by atoms with van der Waals surface area (Å²) in [5, 5.41) is 8.97. The molecule has 3 N–H and O–H groups in total. The second-order valence-corrected chi connectivity index (χ2v) is 5.67. The fraction of sp³-hybridized carbons (Fsp3) is 0.857. The van der Waals surface area contributed by atoms with Crippen molar-refractivity contribution in [2.24, 2.45) is 5.41 Å². The van der Waals surface area contributed by atoms with Crippen LogP contribution < -0.4 is 4.72 Å². The highest BCUT2D eigenvalue weighted by Crippen LogP contribution is 2.28. The van der Waals surface area contributed by atoms with Crippen molar-refractivity contribution in [3.8, 4) is 0 Å². The van der Waals surface area contributed by atoms with Gasteiger partial charge < -0.3 is 9.84 Å². The molecule has 82 valence electrons. The number of nitrogens with one attached hydrogen (secondary N) is 2. The van der Waals surface area contributed by atoms with E-state index in [1.807, 2.05) is 0 Å². The molecule has 3 atom stereocenters. The molecule has 0 amide bonds. The quantitative estimate of drug-likeness (QED) is 0.608. The van der Waals surface area contributed by atoms with E-state index in [2.05, 4.69) is 4.72 Å². The van der Waals surface area contributed by atoms with Crippen molar-refractivity contribution in [3.63, 3.8) is 0 Å². The number of carbonyl (C=O) groups is 1. The van der Waals surface area contributed by atoms with Gasteiger partial charge in [0, 0.05) is 6.26 Å². The second kappa shape index (κ2) is 3.48. The molecule has 1 aliphatic rings. The average Bonchev–Trinajstić information content (AvgIpc) is 2.30. The van der Waals surface area contributed by atoms with Crippen molar-refractivity contribution in [3.05, 3.63) is 0 Å². The van der Waals surface area contributed by atoms with Crippen LogP contribution in [0.5, 0.6) is 0 Å². The second-order valence-electron chi connectivity index (χ2n) is 3.75. The molecular formula is C7H14N2O4S. The Morgan fingerprint density at radius 1 is 1.79 bits per heavy atom. The summed E-state index contributed by atoms with van der Waals surface area (Å²) in [7, 11) is -2.91. The van der Waals surface area contributed by atoms with Gasteiger partial charge in [-0.15, -0.1) is 0 Å². The Bertz CT molecular complexity index is 340. The molecule has 0 saturated carbocycles. The van der Waals surface area contributed by atoms with Crippen LogP contribution in [-0.2, 0) is 19.4 Å². The highest BCUT2D eigenvalue weighted by Gasteiger charge is 2.47. The van der Waals surface area contributed by atoms with Gasteiger partial charge in [0.2, 0.25) is 0 Å². The molecule has 1 saturated heterocycles. The third-order valence-electron chi connectivity index (χ3n) is 2.31. The van der Waals surface area contributed by atoms with E-state index in [4.69, 9.17) is 14.6 Å². The Kier molecular flexibility index (Phi) is 2.84. The van der Waals surface area contributed by atoms with Crippen LogP contribution in [0, 0.1) is 10.2 Å². The molecule has 0 bridgehead atoms. The van der Waals surface area contributed by atoms with Crippen LogP contribution in [0.1, 0.15) is 6.92 Å². The van der Waals surface area contributed by atoms with Gasteiger partial charge in [0.15, 0.2) is 0 Å². The normalized spacial score (nSPS) is 36.6. The van der Waals surface area contributed by atoms with Crippen LogP contribution in [-0.4, -0.2) is 40.8 Å². The van der Waals surface area contributed by atoms with Crippen LogP contribution >= 0.6 is 0 Å². The zero-order chi connectivity index (χ0) is 11.0. The van der Waals surface area contributed by atoms with E-state index in [-0.39, 0.29) is 13.2 Å². The van der Waals surface area contributed by atoms with Crippen molar-refractivity contribution in [1.29, 1.82) is 4.78 Å². The Balaban J connectivity index is 2.84. The van der Waals surface area contributed by atoms with E-state index < -0.39 is 27.3 Å². The van der Waals surface area contributed by atoms with Crippen molar-refractivity contribution in [1.82, 2.24) is 4.72 Å². The standard InChI is InChI=1S/C7H14N2O4S/c1-7(6(10)11)4-13-3-5(7)9-14(2,8)12/h5H,3-4H2,1-2H3,(H,10,11)(H2,8,9,12). The Morgan fingerprint density at radius 3 is 2.79 bits per heavy atom. The fourth-order valence-corrected chi connectivity index (χ4v) is 2.19. The maximum absolute atomic E-state index is 11.2. The average molecular weight is 222 g/mol. The molecule has 0 aromatic heterocycles. The van der Waals surface area contributed by atoms with Gasteiger partial charge in [-0.05, 0) is 6.92 Å². The van der Waals surface area contributed by atoms with Gasteiger partial charge in [0.1, 0.15) is 15.3 Å². The lowest BCUT2D eigenvalue weighted by molar-refractivity contribution is -0.148. The molecule has 1 rings (SSSR count). The van der Waals surface area contributed by atoms with E-state index in [1.54, 1.807) is 0 Å². The van der Waals surface area contributed by atoms with E-state index in [0.717, 1.165) is 0 Å². The molecule has 3 unspecified atom stereocenters. The first-order valence-electron chi connectivity index (χ1n) is 4.08. The van der Waals surface area contributed by atoms with Crippen LogP contribution in [0.25, 0.3) is 0 Å². The van der Waals surface area contributed by atoms with Crippen LogP contribution in [0.15, 0.2) is 0 Å². The predicted molar refractivity (Wildman–Crippen MR) is 50.3 cm³/mol. The van der Waals surface area contributed by atoms with Crippen LogP contribution in [0.4, 0.5) is 0 Å². The number of rotatable bonds is 3. The Hall–Kier alpha value is -0.660. The molecule has 1 fully saturated rings. The van der Waals surface area contributed by atoms with Crippen LogP contribution in [0.2, 0.25) is 0 Å². The number of carboxylic acid groups (broad SMARTS) is 1. The van der Waals surface area contributed by atoms with Crippen molar-refractivity contribution in [2.45, 2.75) is 13.0 Å². The highest BCUT2D eigenvalue weighted by molar-refractivity contribution is 7.89. The lowest BCUT2D eigenvalue weighted by atomic mass is 9.86. The first kappa shape index (κ1) is 11.4. The summed E-state index contributed by atoms with van der Waals surface area (Å²) < 4.78 is 25.8. The SMILES string of the molecule is CC1(C(=O)O)COCC1NS(C)(=N)=O. The van der Waals surface area contributed by atoms with Gasteiger partial charge in [-0.25, -0.2) is 13.7 Å².